The quantitative estimate of drug-likeness (QED) is 0.773. The molecule has 10 heteroatoms. The number of carbonyl (C=O) groups is 2. The van der Waals surface area contributed by atoms with Gasteiger partial charge in [-0.1, -0.05) is 0 Å². The highest BCUT2D eigenvalue weighted by atomic mass is 32.2. The Hall–Kier alpha value is -2.62. The van der Waals surface area contributed by atoms with Crippen molar-refractivity contribution >= 4 is 21.7 Å². The van der Waals surface area contributed by atoms with Crippen LogP contribution in [0, 0.1) is 19.8 Å². The Kier molecular flexibility index (Phi) is 4.53. The molecule has 2 aliphatic heterocycles. The number of furan rings is 1. The first kappa shape index (κ1) is 18.7. The van der Waals surface area contributed by atoms with E-state index in [0.29, 0.717) is 12.1 Å². The molecule has 4 rings (SSSR count). The zero-order valence-electron chi connectivity index (χ0n) is 15.7. The van der Waals surface area contributed by atoms with Crippen molar-refractivity contribution in [2.24, 2.45) is 5.92 Å². The van der Waals surface area contributed by atoms with Gasteiger partial charge in [0.05, 0.1) is 28.5 Å². The number of nitrogens with one attached hydrogen (secondary N) is 1. The molecule has 2 fully saturated rings. The van der Waals surface area contributed by atoms with E-state index in [1.807, 2.05) is 19.9 Å². The minimum absolute atomic E-state index is 0.0746. The van der Waals surface area contributed by atoms with E-state index in [1.54, 1.807) is 9.58 Å². The van der Waals surface area contributed by atoms with Crippen LogP contribution in [0.1, 0.15) is 21.7 Å². The summed E-state index contributed by atoms with van der Waals surface area (Å²) in [5.41, 5.74) is 2.05. The lowest BCUT2D eigenvalue weighted by Gasteiger charge is -2.21. The summed E-state index contributed by atoms with van der Waals surface area (Å²) in [5, 5.41) is 6.44. The number of rotatable bonds is 4. The SMILES string of the molecule is Cc1cc(C)n(CC(=O)N2C[C@H]3[C@@H](NC(=O)c4ccoc4)CS(=O)(=O)[C@H]3C2)n1. The molecular formula is C18H22N4O5S. The van der Waals surface area contributed by atoms with Crippen LogP contribution in [-0.4, -0.2) is 65.0 Å². The molecular weight excluding hydrogens is 384 g/mol. The average Bonchev–Trinajstić information content (AvgIpc) is 3.36. The second kappa shape index (κ2) is 6.77. The Bertz CT molecular complexity index is 1010. The van der Waals surface area contributed by atoms with Crippen LogP contribution < -0.4 is 5.32 Å². The van der Waals surface area contributed by atoms with E-state index in [9.17, 15) is 18.0 Å². The number of aryl methyl sites for hydroxylation is 2. The number of sulfone groups is 1. The van der Waals surface area contributed by atoms with Crippen LogP contribution in [0.15, 0.2) is 29.1 Å². The van der Waals surface area contributed by atoms with E-state index in [1.165, 1.54) is 18.6 Å². The molecule has 150 valence electrons. The lowest BCUT2D eigenvalue weighted by molar-refractivity contribution is -0.131. The molecule has 2 aromatic heterocycles. The lowest BCUT2D eigenvalue weighted by Crippen LogP contribution is -2.42. The van der Waals surface area contributed by atoms with E-state index < -0.39 is 21.1 Å². The molecule has 9 nitrogen and oxygen atoms in total. The molecule has 0 radical (unpaired) electrons. The first-order valence-corrected chi connectivity index (χ1v) is 10.8. The molecule has 0 aromatic carbocycles. The zero-order valence-corrected chi connectivity index (χ0v) is 16.5. The van der Waals surface area contributed by atoms with Crippen molar-refractivity contribution in [2.45, 2.75) is 31.7 Å². The van der Waals surface area contributed by atoms with Crippen molar-refractivity contribution in [2.75, 3.05) is 18.8 Å². The topological polar surface area (TPSA) is 115 Å². The van der Waals surface area contributed by atoms with E-state index >= 15 is 0 Å². The van der Waals surface area contributed by atoms with E-state index in [-0.39, 0.29) is 36.6 Å². The number of hydrogen-bond acceptors (Lipinski definition) is 6. The third kappa shape index (κ3) is 3.32. The molecule has 0 spiro atoms. The van der Waals surface area contributed by atoms with Gasteiger partial charge in [0.25, 0.3) is 5.91 Å². The van der Waals surface area contributed by atoms with Gasteiger partial charge in [0.1, 0.15) is 12.8 Å². The highest BCUT2D eigenvalue weighted by Gasteiger charge is 2.53. The molecule has 2 saturated heterocycles. The number of hydrogen-bond donors (Lipinski definition) is 1. The van der Waals surface area contributed by atoms with Crippen LogP contribution in [-0.2, 0) is 21.2 Å². The van der Waals surface area contributed by atoms with Crippen LogP contribution in [0.3, 0.4) is 0 Å². The number of carbonyl (C=O) groups excluding carboxylic acids is 2. The van der Waals surface area contributed by atoms with Crippen molar-refractivity contribution < 1.29 is 22.4 Å². The van der Waals surface area contributed by atoms with Crippen LogP contribution >= 0.6 is 0 Å². The number of aromatic nitrogens is 2. The molecule has 4 heterocycles. The van der Waals surface area contributed by atoms with Crippen molar-refractivity contribution in [3.63, 3.8) is 0 Å². The molecule has 2 aliphatic rings. The van der Waals surface area contributed by atoms with Crippen molar-refractivity contribution in [3.05, 3.63) is 41.6 Å². The van der Waals surface area contributed by atoms with E-state index in [4.69, 9.17) is 4.42 Å². The predicted octanol–water partition coefficient (Wildman–Crippen LogP) is 0.147. The summed E-state index contributed by atoms with van der Waals surface area (Å²) in [7, 11) is -3.39. The van der Waals surface area contributed by atoms with Gasteiger partial charge < -0.3 is 14.6 Å². The van der Waals surface area contributed by atoms with Gasteiger partial charge in [-0.15, -0.1) is 0 Å². The minimum Gasteiger partial charge on any atom is -0.472 e. The molecule has 0 bridgehead atoms. The smallest absolute Gasteiger partial charge is 0.254 e. The second-order valence-electron chi connectivity index (χ2n) is 7.51. The number of likely N-dealkylation sites (tertiary alicyclic amines) is 1. The van der Waals surface area contributed by atoms with Gasteiger partial charge in [0, 0.05) is 30.7 Å². The summed E-state index contributed by atoms with van der Waals surface area (Å²) in [6.07, 6.45) is 2.70. The van der Waals surface area contributed by atoms with E-state index in [0.717, 1.165) is 11.4 Å². The van der Waals surface area contributed by atoms with Gasteiger partial charge in [0.2, 0.25) is 5.91 Å². The Morgan fingerprint density at radius 1 is 1.32 bits per heavy atom. The van der Waals surface area contributed by atoms with Gasteiger partial charge in [-0.3, -0.25) is 14.3 Å². The molecule has 3 atom stereocenters. The maximum atomic E-state index is 12.7. The first-order valence-electron chi connectivity index (χ1n) is 9.08. The highest BCUT2D eigenvalue weighted by Crippen LogP contribution is 2.34. The summed E-state index contributed by atoms with van der Waals surface area (Å²) in [4.78, 5) is 26.6. The molecule has 1 N–H and O–H groups in total. The van der Waals surface area contributed by atoms with Crippen LogP contribution in [0.5, 0.6) is 0 Å². The molecule has 28 heavy (non-hydrogen) atoms. The Morgan fingerprint density at radius 2 is 2.11 bits per heavy atom. The Balaban J connectivity index is 1.47. The van der Waals surface area contributed by atoms with E-state index in [2.05, 4.69) is 10.4 Å². The first-order chi connectivity index (χ1) is 13.2. The summed E-state index contributed by atoms with van der Waals surface area (Å²) in [5.74, 6) is -0.964. The second-order valence-corrected chi connectivity index (χ2v) is 9.77. The van der Waals surface area contributed by atoms with Gasteiger partial charge >= 0.3 is 0 Å². The highest BCUT2D eigenvalue weighted by molar-refractivity contribution is 7.92. The van der Waals surface area contributed by atoms with Crippen molar-refractivity contribution in [1.29, 1.82) is 0 Å². The lowest BCUT2D eigenvalue weighted by atomic mass is 10.0. The van der Waals surface area contributed by atoms with Crippen LogP contribution in [0.25, 0.3) is 0 Å². The van der Waals surface area contributed by atoms with Crippen molar-refractivity contribution in [3.8, 4) is 0 Å². The maximum Gasteiger partial charge on any atom is 0.254 e. The molecule has 0 unspecified atom stereocenters. The maximum absolute atomic E-state index is 12.7. The van der Waals surface area contributed by atoms with Crippen LogP contribution in [0.4, 0.5) is 0 Å². The monoisotopic (exact) mass is 406 g/mol. The summed E-state index contributed by atoms with van der Waals surface area (Å²) in [6.45, 7) is 4.26. The largest absolute Gasteiger partial charge is 0.472 e. The number of nitrogens with zero attached hydrogens (tertiary/aromatic N) is 3. The van der Waals surface area contributed by atoms with Crippen LogP contribution in [0.2, 0.25) is 0 Å². The zero-order chi connectivity index (χ0) is 20.1. The fourth-order valence-corrected chi connectivity index (χ4v) is 6.42. The summed E-state index contributed by atoms with van der Waals surface area (Å²) >= 11 is 0. The summed E-state index contributed by atoms with van der Waals surface area (Å²) in [6, 6.07) is 2.89. The molecule has 0 saturated carbocycles. The summed E-state index contributed by atoms with van der Waals surface area (Å²) < 4.78 is 31.7. The number of amides is 2. The van der Waals surface area contributed by atoms with Crippen molar-refractivity contribution in [1.82, 2.24) is 20.0 Å². The standard InChI is InChI=1S/C18H22N4O5S/c1-11-5-12(2)22(20-11)8-17(23)21-6-14-15(10-28(25,26)16(14)7-21)19-18(24)13-3-4-27-9-13/h3-5,9,14-16H,6-8,10H2,1-2H3,(H,19,24)/t14-,15-,16-/m0/s1. The van der Waals surface area contributed by atoms with Gasteiger partial charge in [0.15, 0.2) is 9.84 Å². The third-order valence-electron chi connectivity index (χ3n) is 5.54. The van der Waals surface area contributed by atoms with Gasteiger partial charge in [-0.25, -0.2) is 8.42 Å². The average molecular weight is 406 g/mol. The number of fused-ring (bicyclic) bond motifs is 1. The Labute approximate surface area is 162 Å². The van der Waals surface area contributed by atoms with Gasteiger partial charge in [-0.2, -0.15) is 5.10 Å². The molecule has 0 aliphatic carbocycles. The Morgan fingerprint density at radius 3 is 2.75 bits per heavy atom. The fourth-order valence-electron chi connectivity index (χ4n) is 4.12. The third-order valence-corrected chi connectivity index (χ3v) is 7.78. The van der Waals surface area contributed by atoms with Gasteiger partial charge in [-0.05, 0) is 26.0 Å². The fraction of sp³-hybridized carbons (Fsp3) is 0.500. The predicted molar refractivity (Wildman–Crippen MR) is 99.3 cm³/mol. The normalized spacial score (nSPS) is 25.6. The minimum atomic E-state index is -3.39. The molecule has 2 aromatic rings. The molecule has 2 amide bonds.